The van der Waals surface area contributed by atoms with Crippen LogP contribution in [0.5, 0.6) is 0 Å². The molecule has 2 saturated carbocycles. The summed E-state index contributed by atoms with van der Waals surface area (Å²) in [5.74, 6) is -0.332. The lowest BCUT2D eigenvalue weighted by molar-refractivity contribution is -0.157. The number of ether oxygens (including phenoxy) is 1. The van der Waals surface area contributed by atoms with Crippen LogP contribution < -0.4 is 0 Å². The Morgan fingerprint density at radius 3 is 2.22 bits per heavy atom. The number of rotatable bonds is 6. The van der Waals surface area contributed by atoms with Crippen molar-refractivity contribution in [1.29, 1.82) is 5.26 Å². The van der Waals surface area contributed by atoms with Crippen molar-refractivity contribution < 1.29 is 27.1 Å². The Kier molecular flexibility index (Phi) is 8.33. The second-order valence-electron chi connectivity index (χ2n) is 8.99. The van der Waals surface area contributed by atoms with Gasteiger partial charge >= 0.3 is 12.1 Å². The molecule has 174 valence electrons. The number of nitrogens with zero attached hydrogens (tertiary/aromatic N) is 1. The van der Waals surface area contributed by atoms with Gasteiger partial charge in [0.1, 0.15) is 12.2 Å². The van der Waals surface area contributed by atoms with Crippen molar-refractivity contribution in [2.24, 2.45) is 11.8 Å². The first-order valence-electron chi connectivity index (χ1n) is 11.4. The van der Waals surface area contributed by atoms with Crippen molar-refractivity contribution in [1.82, 2.24) is 0 Å². The van der Waals surface area contributed by atoms with Crippen LogP contribution in [0.25, 0.3) is 0 Å². The molecule has 0 aromatic heterocycles. The number of alkyl halides is 3. The Morgan fingerprint density at radius 1 is 1.03 bits per heavy atom. The van der Waals surface area contributed by atoms with E-state index in [9.17, 15) is 22.4 Å². The Hall–Kier alpha value is -2.36. The normalized spacial score (nSPS) is 26.9. The molecule has 0 saturated heterocycles. The molecule has 0 heterocycles. The van der Waals surface area contributed by atoms with Crippen molar-refractivity contribution in [2.75, 3.05) is 0 Å². The molecule has 1 aromatic rings. The molecule has 0 aliphatic heterocycles. The number of benzene rings is 1. The average Bonchev–Trinajstić information content (AvgIpc) is 2.79. The molecular formula is C25H29F4NO2. The first-order chi connectivity index (χ1) is 15.3. The standard InChI is InChI=1S/C25H29F4NO2/c26-22(16-30)3-1-2-17-4-6-20(7-5-17)24(31)32-23-14-10-19(11-15-23)18-8-12-21(13-9-18)25(27,28)29/h3,8-9,12-13,17,19-20,23H,1-2,4-7,10-11,14-15H2/t17-,19-,20-,23-. The molecule has 32 heavy (non-hydrogen) atoms. The summed E-state index contributed by atoms with van der Waals surface area (Å²) in [5, 5.41) is 8.43. The Morgan fingerprint density at radius 2 is 1.66 bits per heavy atom. The fourth-order valence-electron chi connectivity index (χ4n) is 4.90. The van der Waals surface area contributed by atoms with Crippen LogP contribution in [0.4, 0.5) is 17.6 Å². The fourth-order valence-corrected chi connectivity index (χ4v) is 4.90. The van der Waals surface area contributed by atoms with Crippen LogP contribution in [0.2, 0.25) is 0 Å². The summed E-state index contributed by atoms with van der Waals surface area (Å²) in [6, 6.07) is 6.86. The van der Waals surface area contributed by atoms with Gasteiger partial charge in [0.2, 0.25) is 0 Å². The van der Waals surface area contributed by atoms with E-state index in [1.54, 1.807) is 12.1 Å². The van der Waals surface area contributed by atoms with Crippen LogP contribution in [0.3, 0.4) is 0 Å². The van der Waals surface area contributed by atoms with Gasteiger partial charge in [0, 0.05) is 0 Å². The Bertz CT molecular complexity index is 825. The number of halogens is 4. The minimum absolute atomic E-state index is 0.0923. The van der Waals surface area contributed by atoms with Crippen molar-refractivity contribution in [3.05, 3.63) is 47.3 Å². The summed E-state index contributed by atoms with van der Waals surface area (Å²) in [6.07, 6.45) is 4.64. The molecule has 0 spiro atoms. The number of carbonyl (C=O) groups is 1. The minimum Gasteiger partial charge on any atom is -0.462 e. The number of nitriles is 1. The number of esters is 1. The highest BCUT2D eigenvalue weighted by molar-refractivity contribution is 5.72. The maximum Gasteiger partial charge on any atom is 0.416 e. The number of hydrogen-bond acceptors (Lipinski definition) is 3. The predicted octanol–water partition coefficient (Wildman–Crippen LogP) is 7.24. The summed E-state index contributed by atoms with van der Waals surface area (Å²) in [5.41, 5.74) is 0.273. The van der Waals surface area contributed by atoms with E-state index in [0.29, 0.717) is 12.3 Å². The van der Waals surface area contributed by atoms with Gasteiger partial charge in [-0.2, -0.15) is 22.8 Å². The minimum atomic E-state index is -4.32. The third kappa shape index (κ3) is 6.82. The van der Waals surface area contributed by atoms with E-state index in [1.807, 2.05) is 0 Å². The van der Waals surface area contributed by atoms with E-state index >= 15 is 0 Å². The molecule has 7 heteroatoms. The van der Waals surface area contributed by atoms with Gasteiger partial charge in [-0.3, -0.25) is 4.79 Å². The van der Waals surface area contributed by atoms with E-state index in [-0.39, 0.29) is 23.9 Å². The van der Waals surface area contributed by atoms with Crippen LogP contribution in [0, 0.1) is 23.2 Å². The molecule has 0 atom stereocenters. The first kappa shape index (κ1) is 24.3. The van der Waals surface area contributed by atoms with Crippen molar-refractivity contribution >= 4 is 5.97 Å². The van der Waals surface area contributed by atoms with Gasteiger partial charge < -0.3 is 4.74 Å². The second-order valence-corrected chi connectivity index (χ2v) is 8.99. The summed E-state index contributed by atoms with van der Waals surface area (Å²) in [6.45, 7) is 0. The number of carbonyl (C=O) groups excluding carboxylic acids is 1. The third-order valence-corrected chi connectivity index (χ3v) is 6.85. The molecule has 3 nitrogen and oxygen atoms in total. The SMILES string of the molecule is N#CC(F)=CCC[C@H]1CC[C@H](C(=O)O[C@H]2CC[C@H](c3ccc(C(F)(F)F)cc3)CC2)CC1. The zero-order valence-electron chi connectivity index (χ0n) is 18.0. The number of allylic oxidation sites excluding steroid dienone is 2. The van der Waals surface area contributed by atoms with Gasteiger partial charge in [0.05, 0.1) is 11.5 Å². The molecule has 0 radical (unpaired) electrons. The molecule has 1 aromatic carbocycles. The van der Waals surface area contributed by atoms with Crippen LogP contribution in [0.1, 0.15) is 81.3 Å². The lowest BCUT2D eigenvalue weighted by Gasteiger charge is -2.31. The van der Waals surface area contributed by atoms with E-state index in [4.69, 9.17) is 10.00 Å². The zero-order valence-corrected chi connectivity index (χ0v) is 18.0. The first-order valence-corrected chi connectivity index (χ1v) is 11.4. The molecule has 0 bridgehead atoms. The molecule has 2 fully saturated rings. The van der Waals surface area contributed by atoms with E-state index in [0.717, 1.165) is 75.5 Å². The summed E-state index contributed by atoms with van der Waals surface area (Å²) in [4.78, 5) is 12.6. The molecule has 0 unspecified atom stereocenters. The molecule has 3 rings (SSSR count). The van der Waals surface area contributed by atoms with Gasteiger partial charge in [-0.15, -0.1) is 0 Å². The van der Waals surface area contributed by atoms with Crippen LogP contribution >= 0.6 is 0 Å². The van der Waals surface area contributed by atoms with E-state index in [1.165, 1.54) is 12.1 Å². The van der Waals surface area contributed by atoms with Crippen molar-refractivity contribution in [2.45, 2.75) is 82.4 Å². The molecule has 0 amide bonds. The lowest BCUT2D eigenvalue weighted by Crippen LogP contribution is -2.29. The maximum atomic E-state index is 12.9. The highest BCUT2D eigenvalue weighted by Gasteiger charge is 2.32. The van der Waals surface area contributed by atoms with Crippen molar-refractivity contribution in [3.8, 4) is 6.07 Å². The average molecular weight is 452 g/mol. The maximum absolute atomic E-state index is 12.9. The van der Waals surface area contributed by atoms with Gasteiger partial charge in [-0.1, -0.05) is 12.1 Å². The van der Waals surface area contributed by atoms with Gasteiger partial charge in [0.15, 0.2) is 5.83 Å². The Labute approximate surface area is 186 Å². The fraction of sp³-hybridized carbons (Fsp3) is 0.600. The topological polar surface area (TPSA) is 50.1 Å². The van der Waals surface area contributed by atoms with Gasteiger partial charge in [-0.05, 0) is 99.8 Å². The van der Waals surface area contributed by atoms with Crippen LogP contribution in [0.15, 0.2) is 36.2 Å². The molecular weight excluding hydrogens is 422 g/mol. The Balaban J connectivity index is 1.38. The quantitative estimate of drug-likeness (QED) is 0.260. The lowest BCUT2D eigenvalue weighted by atomic mass is 9.79. The van der Waals surface area contributed by atoms with Gasteiger partial charge in [-0.25, -0.2) is 0 Å². The number of hydrogen-bond donors (Lipinski definition) is 0. The van der Waals surface area contributed by atoms with E-state index < -0.39 is 17.6 Å². The highest BCUT2D eigenvalue weighted by atomic mass is 19.4. The third-order valence-electron chi connectivity index (χ3n) is 6.85. The smallest absolute Gasteiger partial charge is 0.416 e. The summed E-state index contributed by atoms with van der Waals surface area (Å²) < 4.78 is 56.8. The molecule has 2 aliphatic carbocycles. The molecule has 0 N–H and O–H groups in total. The largest absolute Gasteiger partial charge is 0.462 e. The second kappa shape index (κ2) is 11.0. The van der Waals surface area contributed by atoms with Crippen LogP contribution in [-0.2, 0) is 15.7 Å². The predicted molar refractivity (Wildman–Crippen MR) is 112 cm³/mol. The van der Waals surface area contributed by atoms with Crippen LogP contribution in [-0.4, -0.2) is 12.1 Å². The van der Waals surface area contributed by atoms with Crippen molar-refractivity contribution in [3.63, 3.8) is 0 Å². The van der Waals surface area contributed by atoms with E-state index in [2.05, 4.69) is 0 Å². The summed E-state index contributed by atoms with van der Waals surface area (Å²) >= 11 is 0. The zero-order chi connectivity index (χ0) is 23.1. The highest BCUT2D eigenvalue weighted by Crippen LogP contribution is 2.37. The summed E-state index contributed by atoms with van der Waals surface area (Å²) in [7, 11) is 0. The van der Waals surface area contributed by atoms with Gasteiger partial charge in [0.25, 0.3) is 0 Å². The molecule has 2 aliphatic rings. The monoisotopic (exact) mass is 451 g/mol.